The highest BCUT2D eigenvalue weighted by atomic mass is 32.1. The molecule has 88 valence electrons. The minimum absolute atomic E-state index is 0.0660. The fraction of sp³-hybridized carbons (Fsp3) is 0.700. The summed E-state index contributed by atoms with van der Waals surface area (Å²) in [6.45, 7) is 10.2. The first kappa shape index (κ1) is 11.5. The summed E-state index contributed by atoms with van der Waals surface area (Å²) in [5.41, 5.74) is 5.53. The van der Waals surface area contributed by atoms with Gasteiger partial charge in [-0.15, -0.1) is 10.2 Å². The Hall–Kier alpha value is -1.01. The molecule has 0 saturated heterocycles. The first-order valence-electron chi connectivity index (χ1n) is 5.21. The van der Waals surface area contributed by atoms with Crippen molar-refractivity contribution < 1.29 is 0 Å². The third kappa shape index (κ3) is 1.82. The fourth-order valence-electron chi connectivity index (χ4n) is 1.35. The minimum Gasteiger partial charge on any atom is -0.320 e. The molecule has 2 rings (SSSR count). The fourth-order valence-corrected chi connectivity index (χ4v) is 2.20. The van der Waals surface area contributed by atoms with Crippen molar-refractivity contribution in [3.8, 4) is 0 Å². The molecule has 0 atom stereocenters. The number of fused-ring (bicyclic) bond motifs is 1. The van der Waals surface area contributed by atoms with E-state index in [1.807, 2.05) is 13.8 Å². The highest BCUT2D eigenvalue weighted by Gasteiger charge is 2.26. The van der Waals surface area contributed by atoms with Crippen molar-refractivity contribution in [2.45, 2.75) is 45.6 Å². The Morgan fingerprint density at radius 1 is 1.12 bits per heavy atom. The van der Waals surface area contributed by atoms with Crippen molar-refractivity contribution in [1.82, 2.24) is 19.8 Å². The van der Waals surface area contributed by atoms with Gasteiger partial charge in [0.25, 0.3) is 0 Å². The molecule has 0 unspecified atom stereocenters. The zero-order valence-electron chi connectivity index (χ0n) is 10.3. The lowest BCUT2D eigenvalue weighted by Gasteiger charge is -2.15. The minimum atomic E-state index is -0.430. The van der Waals surface area contributed by atoms with Gasteiger partial charge >= 0.3 is 0 Å². The van der Waals surface area contributed by atoms with Crippen LogP contribution in [0.1, 0.15) is 45.5 Å². The van der Waals surface area contributed by atoms with Crippen LogP contribution in [0.3, 0.4) is 0 Å². The third-order valence-corrected chi connectivity index (χ3v) is 3.45. The van der Waals surface area contributed by atoms with Crippen molar-refractivity contribution in [1.29, 1.82) is 0 Å². The summed E-state index contributed by atoms with van der Waals surface area (Å²) in [5.74, 6) is 0.870. The van der Waals surface area contributed by atoms with Gasteiger partial charge in [0.05, 0.1) is 5.54 Å². The average Bonchev–Trinajstić information content (AvgIpc) is 2.53. The highest BCUT2D eigenvalue weighted by Crippen LogP contribution is 2.26. The van der Waals surface area contributed by atoms with E-state index in [2.05, 4.69) is 36.1 Å². The van der Waals surface area contributed by atoms with Gasteiger partial charge in [-0.25, -0.2) is 0 Å². The average molecular weight is 239 g/mol. The lowest BCUT2D eigenvalue weighted by molar-refractivity contribution is 0.508. The van der Waals surface area contributed by atoms with Crippen LogP contribution in [-0.2, 0) is 11.0 Å². The van der Waals surface area contributed by atoms with Crippen molar-refractivity contribution in [2.24, 2.45) is 5.73 Å². The zero-order chi connectivity index (χ0) is 12.1. The van der Waals surface area contributed by atoms with E-state index in [9.17, 15) is 0 Å². The Kier molecular flexibility index (Phi) is 2.32. The van der Waals surface area contributed by atoms with Crippen LogP contribution in [0.2, 0.25) is 0 Å². The molecular formula is C10H17N5S. The Bertz CT molecular complexity index is 511. The molecule has 6 heteroatoms. The smallest absolute Gasteiger partial charge is 0.234 e. The van der Waals surface area contributed by atoms with Crippen LogP contribution < -0.4 is 5.73 Å². The van der Waals surface area contributed by atoms with Gasteiger partial charge < -0.3 is 5.73 Å². The summed E-state index contributed by atoms with van der Waals surface area (Å²) in [6, 6.07) is 0. The molecule has 0 saturated carbocycles. The van der Waals surface area contributed by atoms with Crippen LogP contribution in [0.15, 0.2) is 0 Å². The van der Waals surface area contributed by atoms with Gasteiger partial charge in [0.15, 0.2) is 5.82 Å². The second kappa shape index (κ2) is 3.24. The van der Waals surface area contributed by atoms with E-state index in [4.69, 9.17) is 5.73 Å². The van der Waals surface area contributed by atoms with E-state index >= 15 is 0 Å². The van der Waals surface area contributed by atoms with Gasteiger partial charge in [-0.05, 0) is 13.8 Å². The van der Waals surface area contributed by atoms with E-state index in [1.165, 1.54) is 11.3 Å². The zero-order valence-corrected chi connectivity index (χ0v) is 11.1. The number of nitrogens with two attached hydrogens (primary N) is 1. The molecule has 2 heterocycles. The largest absolute Gasteiger partial charge is 0.320 e. The first-order chi connectivity index (χ1) is 7.19. The molecule has 16 heavy (non-hydrogen) atoms. The van der Waals surface area contributed by atoms with Crippen LogP contribution in [-0.4, -0.2) is 19.8 Å². The van der Waals surface area contributed by atoms with Crippen LogP contribution in [0.25, 0.3) is 4.96 Å². The van der Waals surface area contributed by atoms with Crippen LogP contribution >= 0.6 is 11.3 Å². The molecule has 0 aromatic carbocycles. The molecule has 2 N–H and O–H groups in total. The molecule has 0 aliphatic rings. The summed E-state index contributed by atoms with van der Waals surface area (Å²) >= 11 is 1.49. The highest BCUT2D eigenvalue weighted by molar-refractivity contribution is 7.16. The topological polar surface area (TPSA) is 69.1 Å². The molecule has 0 spiro atoms. The van der Waals surface area contributed by atoms with Crippen molar-refractivity contribution in [3.05, 3.63) is 10.8 Å². The molecule has 0 fully saturated rings. The van der Waals surface area contributed by atoms with Crippen molar-refractivity contribution in [3.63, 3.8) is 0 Å². The maximum absolute atomic E-state index is 6.03. The van der Waals surface area contributed by atoms with Gasteiger partial charge in [0, 0.05) is 5.41 Å². The molecule has 0 aliphatic carbocycles. The maximum atomic E-state index is 6.03. The molecule has 0 radical (unpaired) electrons. The SMILES string of the molecule is CC(C)(C)c1nnc2sc(C(C)(C)N)nn12. The molecule has 2 aromatic heterocycles. The number of hydrogen-bond donors (Lipinski definition) is 1. The van der Waals surface area contributed by atoms with E-state index in [0.717, 1.165) is 15.8 Å². The molecule has 0 bridgehead atoms. The molecule has 0 amide bonds. The van der Waals surface area contributed by atoms with E-state index in [0.29, 0.717) is 0 Å². The third-order valence-electron chi connectivity index (χ3n) is 2.21. The molecular weight excluding hydrogens is 222 g/mol. The van der Waals surface area contributed by atoms with Gasteiger partial charge in [0.2, 0.25) is 4.96 Å². The second-order valence-electron chi connectivity index (χ2n) is 5.60. The van der Waals surface area contributed by atoms with E-state index < -0.39 is 5.54 Å². The summed E-state index contributed by atoms with van der Waals surface area (Å²) in [7, 11) is 0. The number of rotatable bonds is 1. The van der Waals surface area contributed by atoms with Gasteiger partial charge in [-0.3, -0.25) is 0 Å². The first-order valence-corrected chi connectivity index (χ1v) is 6.03. The Labute approximate surface area is 98.7 Å². The van der Waals surface area contributed by atoms with Crippen LogP contribution in [0, 0.1) is 0 Å². The van der Waals surface area contributed by atoms with Crippen LogP contribution in [0.5, 0.6) is 0 Å². The van der Waals surface area contributed by atoms with Crippen molar-refractivity contribution >= 4 is 16.3 Å². The molecule has 0 aliphatic heterocycles. The standard InChI is InChI=1S/C10H17N5S/c1-9(2,3)6-12-13-8-15(6)14-7(16-8)10(4,5)11/h11H2,1-5H3. The predicted molar refractivity (Wildman–Crippen MR) is 64.6 cm³/mol. The maximum Gasteiger partial charge on any atom is 0.234 e. The summed E-state index contributed by atoms with van der Waals surface area (Å²) in [5, 5.41) is 13.7. The lowest BCUT2D eigenvalue weighted by atomic mass is 9.96. The van der Waals surface area contributed by atoms with Gasteiger partial charge in [0.1, 0.15) is 5.01 Å². The predicted octanol–water partition coefficient (Wildman–Crippen LogP) is 1.68. The Morgan fingerprint density at radius 3 is 2.25 bits per heavy atom. The quantitative estimate of drug-likeness (QED) is 0.822. The van der Waals surface area contributed by atoms with Crippen LogP contribution in [0.4, 0.5) is 0 Å². The monoisotopic (exact) mass is 239 g/mol. The number of aromatic nitrogens is 4. The number of nitrogens with zero attached hydrogens (tertiary/aromatic N) is 4. The van der Waals surface area contributed by atoms with Crippen molar-refractivity contribution in [2.75, 3.05) is 0 Å². The molecule has 5 nitrogen and oxygen atoms in total. The lowest BCUT2D eigenvalue weighted by Crippen LogP contribution is -2.29. The van der Waals surface area contributed by atoms with Gasteiger partial charge in [-0.1, -0.05) is 32.1 Å². The van der Waals surface area contributed by atoms with Gasteiger partial charge in [-0.2, -0.15) is 9.61 Å². The Balaban J connectivity index is 2.61. The summed E-state index contributed by atoms with van der Waals surface area (Å²) < 4.78 is 1.80. The normalized spacial score (nSPS) is 13.6. The van der Waals surface area contributed by atoms with E-state index in [-0.39, 0.29) is 5.41 Å². The second-order valence-corrected chi connectivity index (χ2v) is 6.55. The summed E-state index contributed by atoms with van der Waals surface area (Å²) in [6.07, 6.45) is 0. The molecule has 2 aromatic rings. The van der Waals surface area contributed by atoms with E-state index in [1.54, 1.807) is 4.52 Å². The number of hydrogen-bond acceptors (Lipinski definition) is 5. The Morgan fingerprint density at radius 2 is 1.75 bits per heavy atom. The summed E-state index contributed by atoms with van der Waals surface area (Å²) in [4.78, 5) is 0.804.